The average molecular weight is 225 g/mol. The van der Waals surface area contributed by atoms with E-state index >= 15 is 0 Å². The fourth-order valence-corrected chi connectivity index (χ4v) is 3.24. The molecule has 0 bridgehead atoms. The van der Waals surface area contributed by atoms with Crippen molar-refractivity contribution >= 4 is 0 Å². The molecule has 0 amide bonds. The number of hydrogen-bond acceptors (Lipinski definition) is 1. The molecule has 2 saturated heterocycles. The molecule has 2 heteroatoms. The van der Waals surface area contributed by atoms with E-state index in [2.05, 4.69) is 31.0 Å². The van der Waals surface area contributed by atoms with Gasteiger partial charge in [-0.25, -0.2) is 0 Å². The Morgan fingerprint density at radius 2 is 1.94 bits per heavy atom. The summed E-state index contributed by atoms with van der Waals surface area (Å²) in [6.07, 6.45) is 7.07. The van der Waals surface area contributed by atoms with Gasteiger partial charge in [0.05, 0.1) is 19.6 Å². The fourth-order valence-electron chi connectivity index (χ4n) is 3.24. The van der Waals surface area contributed by atoms with Crippen LogP contribution in [0.25, 0.3) is 0 Å². The summed E-state index contributed by atoms with van der Waals surface area (Å²) in [5, 5.41) is 2.60. The Balaban J connectivity index is 1.53. The van der Waals surface area contributed by atoms with Crippen LogP contribution in [0, 0.1) is 5.41 Å². The number of rotatable bonds is 4. The van der Waals surface area contributed by atoms with Gasteiger partial charge in [-0.3, -0.25) is 4.90 Å². The lowest BCUT2D eigenvalue weighted by Crippen LogP contribution is -3.01. The minimum absolute atomic E-state index is 0.523. The molecule has 2 nitrogen and oxygen atoms in total. The van der Waals surface area contributed by atoms with Crippen LogP contribution in [0.15, 0.2) is 0 Å². The normalized spacial score (nSPS) is 24.9. The average Bonchev–Trinajstić information content (AvgIpc) is 2.57. The summed E-state index contributed by atoms with van der Waals surface area (Å²) in [5.41, 5.74) is 1.19. The molecule has 1 spiro atoms. The van der Waals surface area contributed by atoms with Crippen molar-refractivity contribution in [1.82, 2.24) is 4.90 Å². The van der Waals surface area contributed by atoms with E-state index in [0.29, 0.717) is 11.0 Å². The van der Waals surface area contributed by atoms with Crippen molar-refractivity contribution in [3.8, 4) is 0 Å². The third-order valence-electron chi connectivity index (χ3n) is 4.18. The summed E-state index contributed by atoms with van der Waals surface area (Å²) in [6.45, 7) is 12.5. The summed E-state index contributed by atoms with van der Waals surface area (Å²) >= 11 is 0. The highest BCUT2D eigenvalue weighted by atomic mass is 15.3. The molecule has 16 heavy (non-hydrogen) atoms. The lowest BCUT2D eigenvalue weighted by molar-refractivity contribution is -0.719. The Hall–Kier alpha value is -0.0800. The van der Waals surface area contributed by atoms with Gasteiger partial charge >= 0.3 is 0 Å². The van der Waals surface area contributed by atoms with E-state index in [0.717, 1.165) is 0 Å². The molecule has 2 rings (SSSR count). The van der Waals surface area contributed by atoms with E-state index in [-0.39, 0.29) is 0 Å². The summed E-state index contributed by atoms with van der Waals surface area (Å²) < 4.78 is 0. The van der Waals surface area contributed by atoms with Crippen LogP contribution in [0.4, 0.5) is 0 Å². The molecule has 0 unspecified atom stereocenters. The number of nitrogens with zero attached hydrogens (tertiary/aromatic N) is 1. The van der Waals surface area contributed by atoms with Gasteiger partial charge in [0.15, 0.2) is 0 Å². The SMILES string of the molecule is CC(C)(C)CCCCN1CC2(CCC[NH2+]2)C1. The second kappa shape index (κ2) is 4.66. The molecule has 2 aliphatic heterocycles. The molecule has 0 saturated carbocycles. The minimum atomic E-state index is 0.523. The first kappa shape index (κ1) is 12.4. The first-order valence-electron chi connectivity index (χ1n) is 7.06. The molecule has 0 aliphatic carbocycles. The Labute approximate surface area is 101 Å². The van der Waals surface area contributed by atoms with Crippen LogP contribution >= 0.6 is 0 Å². The highest BCUT2D eigenvalue weighted by Crippen LogP contribution is 2.26. The van der Waals surface area contributed by atoms with Crippen LogP contribution in [-0.2, 0) is 0 Å². The highest BCUT2D eigenvalue weighted by Gasteiger charge is 2.48. The zero-order chi connectivity index (χ0) is 11.6. The van der Waals surface area contributed by atoms with Crippen LogP contribution in [0.3, 0.4) is 0 Å². The predicted molar refractivity (Wildman–Crippen MR) is 68.5 cm³/mol. The molecule has 0 aromatic heterocycles. The van der Waals surface area contributed by atoms with Gasteiger partial charge in [0.25, 0.3) is 0 Å². The fraction of sp³-hybridized carbons (Fsp3) is 1.00. The third-order valence-corrected chi connectivity index (χ3v) is 4.18. The molecule has 0 radical (unpaired) electrons. The van der Waals surface area contributed by atoms with Crippen molar-refractivity contribution in [2.45, 2.75) is 58.4 Å². The summed E-state index contributed by atoms with van der Waals surface area (Å²) in [5.74, 6) is 0. The number of nitrogens with two attached hydrogens (primary N) is 1. The summed E-state index contributed by atoms with van der Waals surface area (Å²) in [6, 6.07) is 0. The summed E-state index contributed by atoms with van der Waals surface area (Å²) in [4.78, 5) is 2.66. The van der Waals surface area contributed by atoms with Gasteiger partial charge in [-0.2, -0.15) is 0 Å². The lowest BCUT2D eigenvalue weighted by atomic mass is 9.87. The monoisotopic (exact) mass is 225 g/mol. The van der Waals surface area contributed by atoms with E-state index in [1.807, 2.05) is 0 Å². The van der Waals surface area contributed by atoms with Gasteiger partial charge in [-0.15, -0.1) is 0 Å². The standard InChI is InChI=1S/C14H28N2/c1-13(2,3)7-4-5-10-16-11-14(12-16)8-6-9-15-14/h15H,4-12H2,1-3H3/p+1. The van der Waals surface area contributed by atoms with Crippen LogP contribution < -0.4 is 5.32 Å². The second-order valence-electron chi connectivity index (χ2n) is 7.19. The minimum Gasteiger partial charge on any atom is -0.339 e. The van der Waals surface area contributed by atoms with Crippen molar-refractivity contribution in [3.63, 3.8) is 0 Å². The van der Waals surface area contributed by atoms with E-state index in [1.54, 1.807) is 0 Å². The van der Waals surface area contributed by atoms with Crippen molar-refractivity contribution in [3.05, 3.63) is 0 Å². The quantitative estimate of drug-likeness (QED) is 0.721. The number of unbranched alkanes of at least 4 members (excludes halogenated alkanes) is 1. The largest absolute Gasteiger partial charge is 0.339 e. The van der Waals surface area contributed by atoms with E-state index in [4.69, 9.17) is 0 Å². The van der Waals surface area contributed by atoms with Crippen molar-refractivity contribution < 1.29 is 5.32 Å². The highest BCUT2D eigenvalue weighted by molar-refractivity contribution is 4.96. The zero-order valence-electron chi connectivity index (χ0n) is 11.4. The second-order valence-corrected chi connectivity index (χ2v) is 7.19. The van der Waals surface area contributed by atoms with Crippen LogP contribution in [-0.4, -0.2) is 36.6 Å². The maximum absolute atomic E-state index is 2.66. The predicted octanol–water partition coefficient (Wildman–Crippen LogP) is 1.61. The first-order chi connectivity index (χ1) is 7.49. The van der Waals surface area contributed by atoms with Gasteiger partial charge < -0.3 is 5.32 Å². The molecule has 2 fully saturated rings. The van der Waals surface area contributed by atoms with Gasteiger partial charge in [0.2, 0.25) is 0 Å². The molecular weight excluding hydrogens is 196 g/mol. The summed E-state index contributed by atoms with van der Waals surface area (Å²) in [7, 11) is 0. The molecule has 2 N–H and O–H groups in total. The number of likely N-dealkylation sites (tertiary alicyclic amines) is 1. The van der Waals surface area contributed by atoms with Crippen molar-refractivity contribution in [1.29, 1.82) is 0 Å². The molecule has 2 heterocycles. The lowest BCUT2D eigenvalue weighted by Gasteiger charge is -2.45. The smallest absolute Gasteiger partial charge is 0.122 e. The Bertz CT molecular complexity index is 215. The van der Waals surface area contributed by atoms with E-state index in [9.17, 15) is 0 Å². The maximum atomic E-state index is 2.66. The molecule has 0 atom stereocenters. The third kappa shape index (κ3) is 3.21. The molecule has 0 aromatic carbocycles. The van der Waals surface area contributed by atoms with E-state index < -0.39 is 0 Å². The van der Waals surface area contributed by atoms with Gasteiger partial charge in [0.1, 0.15) is 5.54 Å². The van der Waals surface area contributed by atoms with E-state index in [1.165, 1.54) is 58.3 Å². The number of quaternary nitrogens is 1. The Kier molecular flexibility index (Phi) is 3.60. The van der Waals surface area contributed by atoms with Crippen molar-refractivity contribution in [2.75, 3.05) is 26.2 Å². The molecular formula is C14H29N2+. The Morgan fingerprint density at radius 3 is 2.50 bits per heavy atom. The topological polar surface area (TPSA) is 19.9 Å². The van der Waals surface area contributed by atoms with Crippen molar-refractivity contribution in [2.24, 2.45) is 5.41 Å². The van der Waals surface area contributed by atoms with Gasteiger partial charge in [-0.1, -0.05) is 27.2 Å². The number of hydrogen-bond donors (Lipinski definition) is 1. The molecule has 2 aliphatic rings. The van der Waals surface area contributed by atoms with Gasteiger partial charge in [0, 0.05) is 12.8 Å². The first-order valence-corrected chi connectivity index (χ1v) is 7.06. The van der Waals surface area contributed by atoms with Crippen LogP contribution in [0.5, 0.6) is 0 Å². The zero-order valence-corrected chi connectivity index (χ0v) is 11.4. The van der Waals surface area contributed by atoms with Crippen LogP contribution in [0.2, 0.25) is 0 Å². The Morgan fingerprint density at radius 1 is 1.19 bits per heavy atom. The van der Waals surface area contributed by atoms with Crippen LogP contribution in [0.1, 0.15) is 52.9 Å². The molecule has 0 aromatic rings. The van der Waals surface area contributed by atoms with Gasteiger partial charge in [-0.05, 0) is 24.8 Å². The maximum Gasteiger partial charge on any atom is 0.122 e. The molecule has 94 valence electrons.